The second kappa shape index (κ2) is 6.26. The molecule has 110 valence electrons. The number of nitrogens with one attached hydrogen (secondary N) is 2. The summed E-state index contributed by atoms with van der Waals surface area (Å²) in [4.78, 5) is 16.4. The molecule has 1 atom stereocenters. The van der Waals surface area contributed by atoms with Gasteiger partial charge in [-0.3, -0.25) is 4.98 Å². The molecule has 0 spiro atoms. The van der Waals surface area contributed by atoms with Crippen LogP contribution in [-0.2, 0) is 0 Å². The second-order valence-electron chi connectivity index (χ2n) is 5.10. The maximum Gasteiger partial charge on any atom is 0.319 e. The molecule has 0 saturated carbocycles. The van der Waals surface area contributed by atoms with Gasteiger partial charge in [-0.25, -0.2) is 4.79 Å². The molecule has 4 heteroatoms. The number of nitrogens with zero attached hydrogens (tertiary/aromatic N) is 1. The number of amides is 2. The van der Waals surface area contributed by atoms with Crippen molar-refractivity contribution in [3.8, 4) is 0 Å². The molecule has 3 aromatic rings. The van der Waals surface area contributed by atoms with Crippen molar-refractivity contribution in [1.82, 2.24) is 10.3 Å². The third kappa shape index (κ3) is 3.06. The number of carbonyl (C=O) groups is 1. The van der Waals surface area contributed by atoms with E-state index in [9.17, 15) is 4.79 Å². The van der Waals surface area contributed by atoms with E-state index in [1.165, 1.54) is 0 Å². The van der Waals surface area contributed by atoms with Gasteiger partial charge in [0.2, 0.25) is 0 Å². The van der Waals surface area contributed by atoms with E-state index in [0.29, 0.717) is 0 Å². The van der Waals surface area contributed by atoms with Crippen LogP contribution in [0.3, 0.4) is 0 Å². The van der Waals surface area contributed by atoms with Gasteiger partial charge in [-0.15, -0.1) is 0 Å². The fourth-order valence-electron chi connectivity index (χ4n) is 2.40. The third-order valence-corrected chi connectivity index (χ3v) is 3.52. The number of rotatable bonds is 3. The Morgan fingerprint density at radius 3 is 2.59 bits per heavy atom. The fraction of sp³-hybridized carbons (Fsp3) is 0.111. The zero-order valence-electron chi connectivity index (χ0n) is 12.3. The van der Waals surface area contributed by atoms with Gasteiger partial charge in [0.05, 0.1) is 17.4 Å². The van der Waals surface area contributed by atoms with Crippen LogP contribution in [0.5, 0.6) is 0 Å². The van der Waals surface area contributed by atoms with Gasteiger partial charge in [0.15, 0.2) is 0 Å². The highest BCUT2D eigenvalue weighted by atomic mass is 16.2. The summed E-state index contributed by atoms with van der Waals surface area (Å²) in [5.41, 5.74) is 1.62. The van der Waals surface area contributed by atoms with E-state index in [4.69, 9.17) is 0 Å². The van der Waals surface area contributed by atoms with E-state index in [2.05, 4.69) is 15.6 Å². The molecule has 0 bridgehead atoms. The van der Waals surface area contributed by atoms with Gasteiger partial charge in [0.1, 0.15) is 0 Å². The first-order valence-electron chi connectivity index (χ1n) is 7.20. The number of anilines is 1. The Hall–Kier alpha value is -2.88. The van der Waals surface area contributed by atoms with Crippen LogP contribution in [-0.4, -0.2) is 11.0 Å². The highest BCUT2D eigenvalue weighted by molar-refractivity contribution is 6.01. The molecule has 2 N–H and O–H groups in total. The minimum Gasteiger partial charge on any atom is -0.330 e. The van der Waals surface area contributed by atoms with Crippen molar-refractivity contribution in [3.05, 3.63) is 72.6 Å². The van der Waals surface area contributed by atoms with Crippen molar-refractivity contribution in [2.24, 2.45) is 0 Å². The van der Waals surface area contributed by atoms with Crippen molar-refractivity contribution >= 4 is 22.5 Å². The molecular formula is C18H17N3O. The Balaban J connectivity index is 1.74. The number of hydrogen-bond donors (Lipinski definition) is 2. The number of pyridine rings is 1. The summed E-state index contributed by atoms with van der Waals surface area (Å²) in [6.07, 6.45) is 1.72. The maximum atomic E-state index is 12.2. The molecule has 1 unspecified atom stereocenters. The highest BCUT2D eigenvalue weighted by Crippen LogP contribution is 2.23. The van der Waals surface area contributed by atoms with Crippen molar-refractivity contribution in [2.45, 2.75) is 13.0 Å². The van der Waals surface area contributed by atoms with Crippen LogP contribution in [0.4, 0.5) is 10.5 Å². The monoisotopic (exact) mass is 291 g/mol. The summed E-state index contributed by atoms with van der Waals surface area (Å²) in [5, 5.41) is 7.92. The van der Waals surface area contributed by atoms with Crippen LogP contribution in [0.25, 0.3) is 10.8 Å². The Kier molecular flexibility index (Phi) is 4.01. The molecule has 2 amide bonds. The van der Waals surface area contributed by atoms with E-state index in [1.54, 1.807) is 6.20 Å². The lowest BCUT2D eigenvalue weighted by Crippen LogP contribution is -2.31. The largest absolute Gasteiger partial charge is 0.330 e. The average Bonchev–Trinajstić information content (AvgIpc) is 2.56. The van der Waals surface area contributed by atoms with Crippen LogP contribution < -0.4 is 10.6 Å². The van der Waals surface area contributed by atoms with Gasteiger partial charge >= 0.3 is 6.03 Å². The summed E-state index contributed by atoms with van der Waals surface area (Å²) in [5.74, 6) is 0. The lowest BCUT2D eigenvalue weighted by atomic mass is 10.1. The summed E-state index contributed by atoms with van der Waals surface area (Å²) < 4.78 is 0. The molecule has 22 heavy (non-hydrogen) atoms. The van der Waals surface area contributed by atoms with Crippen LogP contribution >= 0.6 is 0 Å². The van der Waals surface area contributed by atoms with Crippen molar-refractivity contribution in [2.75, 3.05) is 5.32 Å². The van der Waals surface area contributed by atoms with E-state index >= 15 is 0 Å². The molecule has 0 aliphatic rings. The highest BCUT2D eigenvalue weighted by Gasteiger charge is 2.11. The standard InChI is InChI=1S/C18H17N3O/c1-13(16-10-4-5-12-19-16)20-18(22)21-17-11-6-8-14-7-2-3-9-15(14)17/h2-13H,1H3,(H2,20,21,22). The number of hydrogen-bond acceptors (Lipinski definition) is 2. The minimum absolute atomic E-state index is 0.156. The topological polar surface area (TPSA) is 54.0 Å². The molecule has 0 saturated heterocycles. The van der Waals surface area contributed by atoms with Crippen LogP contribution in [0.1, 0.15) is 18.7 Å². The van der Waals surface area contributed by atoms with Gasteiger partial charge < -0.3 is 10.6 Å². The van der Waals surface area contributed by atoms with Crippen LogP contribution in [0, 0.1) is 0 Å². The van der Waals surface area contributed by atoms with Crippen molar-refractivity contribution in [1.29, 1.82) is 0 Å². The molecule has 0 fully saturated rings. The van der Waals surface area contributed by atoms with Gasteiger partial charge in [0, 0.05) is 11.6 Å². The van der Waals surface area contributed by atoms with Gasteiger partial charge in [0.25, 0.3) is 0 Å². The molecule has 3 rings (SSSR count). The zero-order valence-corrected chi connectivity index (χ0v) is 12.3. The van der Waals surface area contributed by atoms with Crippen molar-refractivity contribution in [3.63, 3.8) is 0 Å². The Morgan fingerprint density at radius 2 is 1.77 bits per heavy atom. The van der Waals surface area contributed by atoms with Gasteiger partial charge in [-0.05, 0) is 30.5 Å². The normalized spacial score (nSPS) is 11.9. The zero-order chi connectivity index (χ0) is 15.4. The molecule has 1 heterocycles. The molecule has 0 radical (unpaired) electrons. The predicted octanol–water partition coefficient (Wildman–Crippen LogP) is 4.12. The second-order valence-corrected chi connectivity index (χ2v) is 5.10. The quantitative estimate of drug-likeness (QED) is 0.762. The van der Waals surface area contributed by atoms with E-state index in [0.717, 1.165) is 22.2 Å². The van der Waals surface area contributed by atoms with Crippen molar-refractivity contribution < 1.29 is 4.79 Å². The summed E-state index contributed by atoms with van der Waals surface area (Å²) in [6.45, 7) is 1.91. The number of aromatic nitrogens is 1. The Bertz CT molecular complexity index is 781. The molecular weight excluding hydrogens is 274 g/mol. The van der Waals surface area contributed by atoms with Crippen LogP contribution in [0.2, 0.25) is 0 Å². The Morgan fingerprint density at radius 1 is 1.00 bits per heavy atom. The van der Waals surface area contributed by atoms with E-state index < -0.39 is 0 Å². The van der Waals surface area contributed by atoms with Gasteiger partial charge in [-0.1, -0.05) is 42.5 Å². The molecule has 1 aromatic heterocycles. The summed E-state index contributed by atoms with van der Waals surface area (Å²) in [6, 6.07) is 19.1. The summed E-state index contributed by atoms with van der Waals surface area (Å²) >= 11 is 0. The first-order valence-corrected chi connectivity index (χ1v) is 7.20. The smallest absolute Gasteiger partial charge is 0.319 e. The molecule has 2 aromatic carbocycles. The van der Waals surface area contributed by atoms with Crippen LogP contribution in [0.15, 0.2) is 66.9 Å². The maximum absolute atomic E-state index is 12.2. The third-order valence-electron chi connectivity index (χ3n) is 3.52. The lowest BCUT2D eigenvalue weighted by Gasteiger charge is -2.15. The summed E-state index contributed by atoms with van der Waals surface area (Å²) in [7, 11) is 0. The number of fused-ring (bicyclic) bond motifs is 1. The molecule has 0 aliphatic carbocycles. The van der Waals surface area contributed by atoms with E-state index in [-0.39, 0.29) is 12.1 Å². The Labute approximate surface area is 129 Å². The molecule has 4 nitrogen and oxygen atoms in total. The number of urea groups is 1. The lowest BCUT2D eigenvalue weighted by molar-refractivity contribution is 0.249. The first kappa shape index (κ1) is 14.1. The predicted molar refractivity (Wildman–Crippen MR) is 88.8 cm³/mol. The van der Waals surface area contributed by atoms with Gasteiger partial charge in [-0.2, -0.15) is 0 Å². The molecule has 0 aliphatic heterocycles. The number of carbonyl (C=O) groups excluding carboxylic acids is 1. The average molecular weight is 291 g/mol. The first-order chi connectivity index (χ1) is 10.7. The minimum atomic E-state index is -0.241. The fourth-order valence-corrected chi connectivity index (χ4v) is 2.40. The number of benzene rings is 2. The van der Waals surface area contributed by atoms with E-state index in [1.807, 2.05) is 67.6 Å². The SMILES string of the molecule is CC(NC(=O)Nc1cccc2ccccc12)c1ccccn1.